The van der Waals surface area contributed by atoms with E-state index in [1.165, 1.54) is 0 Å². The number of ether oxygens (including phenoxy) is 1. The van der Waals surface area contributed by atoms with Gasteiger partial charge >= 0.3 is 0 Å². The minimum atomic E-state index is 0.0162. The third kappa shape index (κ3) is 2.06. The first kappa shape index (κ1) is 9.74. The van der Waals surface area contributed by atoms with Crippen LogP contribution in [-0.4, -0.2) is 18.5 Å². The highest BCUT2D eigenvalue weighted by Gasteiger charge is 2.07. The Morgan fingerprint density at radius 2 is 2.23 bits per heavy atom. The van der Waals surface area contributed by atoms with Gasteiger partial charge < -0.3 is 9.84 Å². The monoisotopic (exact) mass is 180 g/mol. The molecule has 0 heterocycles. The standard InChI is InChI=1S/C10H12O3/c1-7-3-8(5-11)10(12)9(4-7)6-13-2/h3-5,12H,6H2,1-2H3. The van der Waals surface area contributed by atoms with Gasteiger partial charge in [-0.2, -0.15) is 0 Å². The van der Waals surface area contributed by atoms with Crippen molar-refractivity contribution in [1.82, 2.24) is 0 Å². The number of rotatable bonds is 3. The van der Waals surface area contributed by atoms with Crippen molar-refractivity contribution in [3.63, 3.8) is 0 Å². The van der Waals surface area contributed by atoms with Crippen LogP contribution in [0.4, 0.5) is 0 Å². The maximum Gasteiger partial charge on any atom is 0.153 e. The van der Waals surface area contributed by atoms with Crippen LogP contribution in [0.15, 0.2) is 12.1 Å². The molecule has 3 nitrogen and oxygen atoms in total. The number of phenols is 1. The van der Waals surface area contributed by atoms with E-state index in [2.05, 4.69) is 0 Å². The third-order valence-electron chi connectivity index (χ3n) is 1.79. The van der Waals surface area contributed by atoms with Crippen molar-refractivity contribution in [2.75, 3.05) is 7.11 Å². The van der Waals surface area contributed by atoms with Crippen molar-refractivity contribution < 1.29 is 14.6 Å². The Morgan fingerprint density at radius 3 is 2.77 bits per heavy atom. The van der Waals surface area contributed by atoms with Gasteiger partial charge in [-0.15, -0.1) is 0 Å². The molecule has 0 aliphatic carbocycles. The fourth-order valence-electron chi connectivity index (χ4n) is 1.24. The number of hydrogen-bond acceptors (Lipinski definition) is 3. The summed E-state index contributed by atoms with van der Waals surface area (Å²) in [5.74, 6) is 0.0162. The first-order valence-corrected chi connectivity index (χ1v) is 3.95. The summed E-state index contributed by atoms with van der Waals surface area (Å²) in [5.41, 5.74) is 1.89. The quantitative estimate of drug-likeness (QED) is 0.719. The Balaban J connectivity index is 3.18. The molecule has 0 aliphatic heterocycles. The van der Waals surface area contributed by atoms with E-state index in [1.807, 2.05) is 6.92 Å². The fourth-order valence-corrected chi connectivity index (χ4v) is 1.24. The van der Waals surface area contributed by atoms with Gasteiger partial charge in [0.05, 0.1) is 12.2 Å². The van der Waals surface area contributed by atoms with E-state index in [0.29, 0.717) is 24.0 Å². The van der Waals surface area contributed by atoms with Crippen LogP contribution >= 0.6 is 0 Å². The fraction of sp³-hybridized carbons (Fsp3) is 0.300. The first-order chi connectivity index (χ1) is 6.19. The highest BCUT2D eigenvalue weighted by atomic mass is 16.5. The second kappa shape index (κ2) is 4.05. The van der Waals surface area contributed by atoms with Gasteiger partial charge in [0.2, 0.25) is 0 Å². The van der Waals surface area contributed by atoms with Crippen molar-refractivity contribution in [2.45, 2.75) is 13.5 Å². The molecule has 13 heavy (non-hydrogen) atoms. The first-order valence-electron chi connectivity index (χ1n) is 3.95. The molecule has 0 amide bonds. The Hall–Kier alpha value is -1.35. The van der Waals surface area contributed by atoms with Gasteiger partial charge in [0.15, 0.2) is 6.29 Å². The average molecular weight is 180 g/mol. The van der Waals surface area contributed by atoms with Crippen molar-refractivity contribution in [3.8, 4) is 5.75 Å². The molecule has 0 saturated carbocycles. The molecule has 1 N–H and O–H groups in total. The summed E-state index contributed by atoms with van der Waals surface area (Å²) in [7, 11) is 1.54. The van der Waals surface area contributed by atoms with E-state index >= 15 is 0 Å². The molecule has 3 heteroatoms. The number of carbonyl (C=O) groups is 1. The van der Waals surface area contributed by atoms with Crippen LogP contribution in [0.5, 0.6) is 5.75 Å². The summed E-state index contributed by atoms with van der Waals surface area (Å²) in [6.07, 6.45) is 0.640. The smallest absolute Gasteiger partial charge is 0.153 e. The van der Waals surface area contributed by atoms with Crippen molar-refractivity contribution in [3.05, 3.63) is 28.8 Å². The summed E-state index contributed by atoms with van der Waals surface area (Å²) < 4.78 is 4.89. The topological polar surface area (TPSA) is 46.5 Å². The van der Waals surface area contributed by atoms with Crippen LogP contribution in [0.2, 0.25) is 0 Å². The maximum atomic E-state index is 10.5. The van der Waals surface area contributed by atoms with E-state index in [4.69, 9.17) is 4.74 Å². The number of benzene rings is 1. The van der Waals surface area contributed by atoms with Crippen LogP contribution in [0.25, 0.3) is 0 Å². The van der Waals surface area contributed by atoms with E-state index in [0.717, 1.165) is 5.56 Å². The predicted octanol–water partition coefficient (Wildman–Crippen LogP) is 1.66. The van der Waals surface area contributed by atoms with E-state index < -0.39 is 0 Å². The second-order valence-electron chi connectivity index (χ2n) is 2.91. The highest BCUT2D eigenvalue weighted by molar-refractivity contribution is 5.80. The zero-order valence-corrected chi connectivity index (χ0v) is 7.70. The lowest BCUT2D eigenvalue weighted by Crippen LogP contribution is -1.93. The Labute approximate surface area is 77.0 Å². The normalized spacial score (nSPS) is 10.0. The minimum Gasteiger partial charge on any atom is -0.507 e. The summed E-state index contributed by atoms with van der Waals surface area (Å²) in [5, 5.41) is 9.53. The minimum absolute atomic E-state index is 0.0162. The molecular weight excluding hydrogens is 168 g/mol. The molecule has 0 saturated heterocycles. The Bertz CT molecular complexity index is 318. The molecule has 0 fully saturated rings. The molecule has 0 unspecified atom stereocenters. The summed E-state index contributed by atoms with van der Waals surface area (Å²) in [4.78, 5) is 10.5. The van der Waals surface area contributed by atoms with E-state index in [9.17, 15) is 9.90 Å². The van der Waals surface area contributed by atoms with Crippen molar-refractivity contribution in [2.24, 2.45) is 0 Å². The molecule has 0 radical (unpaired) electrons. The highest BCUT2D eigenvalue weighted by Crippen LogP contribution is 2.23. The Kier molecular flexibility index (Phi) is 3.03. The van der Waals surface area contributed by atoms with Gasteiger partial charge in [-0.25, -0.2) is 0 Å². The molecule has 1 aromatic rings. The lowest BCUT2D eigenvalue weighted by molar-refractivity contribution is 0.112. The second-order valence-corrected chi connectivity index (χ2v) is 2.91. The van der Waals surface area contributed by atoms with Crippen molar-refractivity contribution in [1.29, 1.82) is 0 Å². The number of hydrogen-bond donors (Lipinski definition) is 1. The summed E-state index contributed by atoms with van der Waals surface area (Å²) >= 11 is 0. The van der Waals surface area contributed by atoms with Gasteiger partial charge in [-0.05, 0) is 18.6 Å². The molecule has 0 aliphatic rings. The number of methoxy groups -OCH3 is 1. The van der Waals surface area contributed by atoms with Gasteiger partial charge in [-0.3, -0.25) is 4.79 Å². The summed E-state index contributed by atoms with van der Waals surface area (Å²) in [6, 6.07) is 3.44. The van der Waals surface area contributed by atoms with E-state index in [1.54, 1.807) is 19.2 Å². The molecule has 0 bridgehead atoms. The molecule has 1 aromatic carbocycles. The van der Waals surface area contributed by atoms with Crippen molar-refractivity contribution >= 4 is 6.29 Å². The van der Waals surface area contributed by atoms with Crippen LogP contribution in [0.3, 0.4) is 0 Å². The molecule has 0 atom stereocenters. The third-order valence-corrected chi connectivity index (χ3v) is 1.79. The lowest BCUT2D eigenvalue weighted by Gasteiger charge is -2.06. The molecule has 0 aromatic heterocycles. The number of aldehydes is 1. The molecule has 1 rings (SSSR count). The lowest BCUT2D eigenvalue weighted by atomic mass is 10.1. The van der Waals surface area contributed by atoms with Crippen LogP contribution in [-0.2, 0) is 11.3 Å². The van der Waals surface area contributed by atoms with Crippen LogP contribution < -0.4 is 0 Å². The van der Waals surface area contributed by atoms with Gasteiger partial charge in [0, 0.05) is 12.7 Å². The summed E-state index contributed by atoms with van der Waals surface area (Å²) in [6.45, 7) is 2.18. The van der Waals surface area contributed by atoms with Gasteiger partial charge in [0.25, 0.3) is 0 Å². The SMILES string of the molecule is COCc1cc(C)cc(C=O)c1O. The predicted molar refractivity (Wildman–Crippen MR) is 48.9 cm³/mol. The molecule has 70 valence electrons. The largest absolute Gasteiger partial charge is 0.507 e. The van der Waals surface area contributed by atoms with Gasteiger partial charge in [-0.1, -0.05) is 6.07 Å². The van der Waals surface area contributed by atoms with Gasteiger partial charge in [0.1, 0.15) is 5.75 Å². The number of phenolic OH excluding ortho intramolecular Hbond substituents is 1. The number of carbonyl (C=O) groups excluding carboxylic acids is 1. The Morgan fingerprint density at radius 1 is 1.54 bits per heavy atom. The zero-order valence-electron chi connectivity index (χ0n) is 7.70. The molecule has 0 spiro atoms. The zero-order chi connectivity index (χ0) is 9.84. The number of aryl methyl sites for hydroxylation is 1. The number of aromatic hydroxyl groups is 1. The average Bonchev–Trinajstić information content (AvgIpc) is 2.11. The van der Waals surface area contributed by atoms with Crippen LogP contribution in [0, 0.1) is 6.92 Å². The maximum absolute atomic E-state index is 10.5. The van der Waals surface area contributed by atoms with E-state index in [-0.39, 0.29) is 5.75 Å². The van der Waals surface area contributed by atoms with Crippen LogP contribution in [0.1, 0.15) is 21.5 Å². The molecular formula is C10H12O3.